The van der Waals surface area contributed by atoms with Crippen LogP contribution in [0.2, 0.25) is 0 Å². The van der Waals surface area contributed by atoms with Crippen LogP contribution in [0.3, 0.4) is 0 Å². The molecule has 0 spiro atoms. The Labute approximate surface area is 142 Å². The first kappa shape index (κ1) is 16.1. The Morgan fingerprint density at radius 2 is 2.12 bits per heavy atom. The third-order valence-electron chi connectivity index (χ3n) is 5.79. The van der Waals surface area contributed by atoms with Crippen LogP contribution in [0.1, 0.15) is 50.7 Å². The molecule has 1 amide bonds. The number of nitrogens with zero attached hydrogens (tertiary/aromatic N) is 1. The number of sulfonamides is 1. The molecule has 1 N–H and O–H groups in total. The molecule has 1 aliphatic heterocycles. The largest absolute Gasteiger partial charge is 0.467 e. The molecule has 6 nitrogen and oxygen atoms in total. The fourth-order valence-corrected chi connectivity index (χ4v) is 6.63. The van der Waals surface area contributed by atoms with Crippen molar-refractivity contribution in [3.05, 3.63) is 24.2 Å². The van der Waals surface area contributed by atoms with Gasteiger partial charge in [-0.2, -0.15) is 4.31 Å². The molecule has 7 heteroatoms. The van der Waals surface area contributed by atoms with Gasteiger partial charge in [0.05, 0.1) is 24.0 Å². The van der Waals surface area contributed by atoms with E-state index in [0.717, 1.165) is 44.3 Å². The number of carbonyl (C=O) groups excluding carboxylic acids is 1. The summed E-state index contributed by atoms with van der Waals surface area (Å²) in [4.78, 5) is 13.1. The number of nitrogens with one attached hydrogen (secondary N) is 1. The lowest BCUT2D eigenvalue weighted by Crippen LogP contribution is -2.63. The summed E-state index contributed by atoms with van der Waals surface area (Å²) < 4.78 is 32.2. The average molecular weight is 352 g/mol. The van der Waals surface area contributed by atoms with Crippen molar-refractivity contribution in [3.63, 3.8) is 0 Å². The summed E-state index contributed by atoms with van der Waals surface area (Å²) in [5.41, 5.74) is -0.571. The predicted octanol–water partition coefficient (Wildman–Crippen LogP) is 2.02. The minimum absolute atomic E-state index is 0.0100. The summed E-state index contributed by atoms with van der Waals surface area (Å²) in [7, 11) is -3.23. The minimum atomic E-state index is -3.23. The Morgan fingerprint density at radius 3 is 2.83 bits per heavy atom. The number of fused-ring (bicyclic) bond motifs is 1. The maximum Gasteiger partial charge on any atom is 0.228 e. The standard InChI is InChI=1S/C17H24N2O4S/c20-16(18-12-14-4-3-10-23-14)17-8-2-1-5-15(17)19(13-6-7-13)24(21,22)11-9-17/h3-4,10,13,15H,1-2,5-9,11-12H2,(H,18,20)/t15-,17-/m1/s1. The normalized spacial score (nSPS) is 32.9. The van der Waals surface area contributed by atoms with Crippen LogP contribution in [0.4, 0.5) is 0 Å². The first-order chi connectivity index (χ1) is 11.5. The van der Waals surface area contributed by atoms with Gasteiger partial charge in [0.2, 0.25) is 15.9 Å². The van der Waals surface area contributed by atoms with Crippen LogP contribution in [-0.2, 0) is 21.4 Å². The molecular weight excluding hydrogens is 328 g/mol. The smallest absolute Gasteiger partial charge is 0.228 e. The van der Waals surface area contributed by atoms with E-state index in [1.54, 1.807) is 16.6 Å². The number of hydrogen-bond acceptors (Lipinski definition) is 4. The van der Waals surface area contributed by atoms with E-state index in [1.165, 1.54) is 0 Å². The van der Waals surface area contributed by atoms with E-state index in [2.05, 4.69) is 5.32 Å². The van der Waals surface area contributed by atoms with Gasteiger partial charge in [-0.05, 0) is 44.2 Å². The van der Waals surface area contributed by atoms with Crippen molar-refractivity contribution in [2.24, 2.45) is 5.41 Å². The van der Waals surface area contributed by atoms with E-state index in [-0.39, 0.29) is 23.7 Å². The third-order valence-corrected chi connectivity index (χ3v) is 7.70. The van der Waals surface area contributed by atoms with Gasteiger partial charge in [0.25, 0.3) is 0 Å². The zero-order valence-corrected chi connectivity index (χ0v) is 14.6. The zero-order chi connectivity index (χ0) is 16.8. The van der Waals surface area contributed by atoms with Crippen LogP contribution in [-0.4, -0.2) is 36.5 Å². The molecule has 3 aliphatic rings. The molecule has 2 heterocycles. The lowest BCUT2D eigenvalue weighted by Gasteiger charge is -2.50. The molecule has 2 aliphatic carbocycles. The molecule has 1 saturated heterocycles. The lowest BCUT2D eigenvalue weighted by atomic mass is 9.67. The highest BCUT2D eigenvalue weighted by Crippen LogP contribution is 2.50. The second-order valence-electron chi connectivity index (χ2n) is 7.31. The Balaban J connectivity index is 1.59. The van der Waals surface area contributed by atoms with Crippen molar-refractivity contribution in [1.82, 2.24) is 9.62 Å². The van der Waals surface area contributed by atoms with E-state index in [1.807, 2.05) is 6.07 Å². The fraction of sp³-hybridized carbons (Fsp3) is 0.706. The predicted molar refractivity (Wildman–Crippen MR) is 88.5 cm³/mol. The molecule has 132 valence electrons. The quantitative estimate of drug-likeness (QED) is 0.899. The van der Waals surface area contributed by atoms with E-state index in [4.69, 9.17) is 4.42 Å². The second-order valence-corrected chi connectivity index (χ2v) is 9.30. The van der Waals surface area contributed by atoms with Crippen LogP contribution < -0.4 is 5.32 Å². The van der Waals surface area contributed by atoms with E-state index >= 15 is 0 Å². The molecule has 1 aromatic rings. The van der Waals surface area contributed by atoms with E-state index in [9.17, 15) is 13.2 Å². The first-order valence-electron chi connectivity index (χ1n) is 8.85. The topological polar surface area (TPSA) is 79.6 Å². The van der Waals surface area contributed by atoms with Gasteiger partial charge in [0.1, 0.15) is 5.76 Å². The molecule has 0 unspecified atom stereocenters. The van der Waals surface area contributed by atoms with Crippen molar-refractivity contribution < 1.29 is 17.6 Å². The molecule has 1 aromatic heterocycles. The molecule has 0 radical (unpaired) electrons. The summed E-state index contributed by atoms with van der Waals surface area (Å²) in [5.74, 6) is 0.799. The zero-order valence-electron chi connectivity index (χ0n) is 13.7. The van der Waals surface area contributed by atoms with Crippen LogP contribution in [0.5, 0.6) is 0 Å². The lowest BCUT2D eigenvalue weighted by molar-refractivity contribution is -0.137. The monoisotopic (exact) mass is 352 g/mol. The summed E-state index contributed by atoms with van der Waals surface area (Å²) in [6, 6.07) is 3.58. The van der Waals surface area contributed by atoms with Crippen molar-refractivity contribution >= 4 is 15.9 Å². The third kappa shape index (κ3) is 2.67. The Kier molecular flexibility index (Phi) is 3.95. The highest BCUT2D eigenvalue weighted by atomic mass is 32.2. The van der Waals surface area contributed by atoms with Gasteiger partial charge in [-0.3, -0.25) is 4.79 Å². The van der Waals surface area contributed by atoms with Gasteiger partial charge < -0.3 is 9.73 Å². The van der Waals surface area contributed by atoms with Crippen LogP contribution in [0.25, 0.3) is 0 Å². The molecule has 2 saturated carbocycles. The minimum Gasteiger partial charge on any atom is -0.467 e. The van der Waals surface area contributed by atoms with Crippen molar-refractivity contribution in [3.8, 4) is 0 Å². The Hall–Kier alpha value is -1.34. The van der Waals surface area contributed by atoms with E-state index < -0.39 is 15.4 Å². The van der Waals surface area contributed by atoms with Crippen molar-refractivity contribution in [2.45, 2.75) is 63.6 Å². The first-order valence-corrected chi connectivity index (χ1v) is 10.5. The maximum atomic E-state index is 13.1. The average Bonchev–Trinajstić information content (AvgIpc) is 3.25. The van der Waals surface area contributed by atoms with Gasteiger partial charge in [-0.15, -0.1) is 0 Å². The highest BCUT2D eigenvalue weighted by molar-refractivity contribution is 7.89. The molecule has 3 fully saturated rings. The molecule has 2 atom stereocenters. The summed E-state index contributed by atoms with van der Waals surface area (Å²) >= 11 is 0. The van der Waals surface area contributed by atoms with Gasteiger partial charge in [-0.1, -0.05) is 12.8 Å². The number of rotatable bonds is 4. The maximum absolute atomic E-state index is 13.1. The van der Waals surface area contributed by atoms with Crippen LogP contribution >= 0.6 is 0 Å². The van der Waals surface area contributed by atoms with Gasteiger partial charge >= 0.3 is 0 Å². The Morgan fingerprint density at radius 1 is 1.29 bits per heavy atom. The molecule has 24 heavy (non-hydrogen) atoms. The SMILES string of the molecule is O=C(NCc1ccco1)[C@@]12CCCC[C@H]1N(C1CC1)S(=O)(=O)CC2. The molecule has 4 rings (SSSR count). The molecule has 0 aromatic carbocycles. The number of hydrogen-bond donors (Lipinski definition) is 1. The fourth-order valence-electron chi connectivity index (χ4n) is 4.44. The van der Waals surface area contributed by atoms with E-state index in [0.29, 0.717) is 13.0 Å². The number of carbonyl (C=O) groups is 1. The summed E-state index contributed by atoms with van der Waals surface area (Å²) in [6.07, 6.45) is 7.45. The molecule has 0 bridgehead atoms. The van der Waals surface area contributed by atoms with Crippen LogP contribution in [0, 0.1) is 5.41 Å². The van der Waals surface area contributed by atoms with Crippen LogP contribution in [0.15, 0.2) is 22.8 Å². The number of amides is 1. The second kappa shape index (κ2) is 5.88. The molecular formula is C17H24N2O4S. The number of furan rings is 1. The Bertz CT molecular complexity index is 711. The highest BCUT2D eigenvalue weighted by Gasteiger charge is 2.58. The van der Waals surface area contributed by atoms with Gasteiger partial charge in [0, 0.05) is 12.1 Å². The van der Waals surface area contributed by atoms with Crippen molar-refractivity contribution in [2.75, 3.05) is 5.75 Å². The summed E-state index contributed by atoms with van der Waals surface area (Å²) in [6.45, 7) is 0.358. The van der Waals surface area contributed by atoms with Crippen molar-refractivity contribution in [1.29, 1.82) is 0 Å². The summed E-state index contributed by atoms with van der Waals surface area (Å²) in [5, 5.41) is 3.00. The van der Waals surface area contributed by atoms with Gasteiger partial charge in [-0.25, -0.2) is 8.42 Å². The van der Waals surface area contributed by atoms with Gasteiger partial charge in [0.15, 0.2) is 0 Å².